The molecule has 0 radical (unpaired) electrons. The van der Waals surface area contributed by atoms with Crippen LogP contribution >= 0.6 is 11.3 Å². The largest absolute Gasteiger partial charge is 0.323 e. The minimum Gasteiger partial charge on any atom is -0.321 e. The molecule has 2 atom stereocenters. The lowest BCUT2D eigenvalue weighted by Crippen LogP contribution is -2.41. The summed E-state index contributed by atoms with van der Waals surface area (Å²) in [7, 11) is 0. The SMILES string of the molecule is O=C(Nc1nnc(C2CC2)s1)N1CC[C@@H]2CCCC[C@@H]21. The number of nitrogens with zero attached hydrogens (tertiary/aromatic N) is 3. The van der Waals surface area contributed by atoms with Gasteiger partial charge >= 0.3 is 6.03 Å². The Labute approximate surface area is 122 Å². The predicted molar refractivity (Wildman–Crippen MR) is 78.0 cm³/mol. The van der Waals surface area contributed by atoms with Crippen molar-refractivity contribution in [2.45, 2.75) is 56.9 Å². The summed E-state index contributed by atoms with van der Waals surface area (Å²) in [5.41, 5.74) is 0. The van der Waals surface area contributed by atoms with Crippen molar-refractivity contribution in [3.8, 4) is 0 Å². The number of carbonyl (C=O) groups is 1. The lowest BCUT2D eigenvalue weighted by molar-refractivity contribution is 0.181. The van der Waals surface area contributed by atoms with Crippen LogP contribution in [0.3, 0.4) is 0 Å². The van der Waals surface area contributed by atoms with E-state index in [9.17, 15) is 4.79 Å². The van der Waals surface area contributed by atoms with E-state index in [0.29, 0.717) is 17.1 Å². The zero-order chi connectivity index (χ0) is 13.5. The molecule has 4 rings (SSSR count). The minimum atomic E-state index is 0.0258. The van der Waals surface area contributed by atoms with Gasteiger partial charge in [-0.2, -0.15) is 0 Å². The predicted octanol–water partition coefficient (Wildman–Crippen LogP) is 3.21. The Balaban J connectivity index is 1.41. The summed E-state index contributed by atoms with van der Waals surface area (Å²) in [4.78, 5) is 14.4. The molecule has 2 amide bonds. The number of rotatable bonds is 2. The zero-order valence-corrected chi connectivity index (χ0v) is 12.4. The van der Waals surface area contributed by atoms with E-state index in [2.05, 4.69) is 15.5 Å². The van der Waals surface area contributed by atoms with Gasteiger partial charge in [0.2, 0.25) is 5.13 Å². The maximum atomic E-state index is 12.4. The van der Waals surface area contributed by atoms with E-state index in [1.165, 1.54) is 56.3 Å². The van der Waals surface area contributed by atoms with Crippen molar-refractivity contribution in [1.29, 1.82) is 0 Å². The molecule has 6 heteroatoms. The number of aromatic nitrogens is 2. The number of hydrogen-bond donors (Lipinski definition) is 1. The molecule has 0 bridgehead atoms. The average molecular weight is 292 g/mol. The number of urea groups is 1. The third-order valence-corrected chi connectivity index (χ3v) is 5.85. The normalized spacial score (nSPS) is 29.3. The fourth-order valence-corrected chi connectivity index (χ4v) is 4.50. The Bertz CT molecular complexity index is 513. The molecule has 5 nitrogen and oxygen atoms in total. The van der Waals surface area contributed by atoms with Crippen molar-refractivity contribution in [1.82, 2.24) is 15.1 Å². The van der Waals surface area contributed by atoms with Gasteiger partial charge in [0.25, 0.3) is 0 Å². The van der Waals surface area contributed by atoms with Gasteiger partial charge in [0.15, 0.2) is 0 Å². The van der Waals surface area contributed by atoms with Gasteiger partial charge in [-0.1, -0.05) is 24.2 Å². The van der Waals surface area contributed by atoms with Crippen molar-refractivity contribution in [3.63, 3.8) is 0 Å². The Hall–Kier alpha value is -1.17. The van der Waals surface area contributed by atoms with E-state index in [1.54, 1.807) is 0 Å². The van der Waals surface area contributed by atoms with Crippen LogP contribution in [0.2, 0.25) is 0 Å². The van der Waals surface area contributed by atoms with Gasteiger partial charge < -0.3 is 4.90 Å². The third-order valence-electron chi connectivity index (χ3n) is 4.85. The Morgan fingerprint density at radius 3 is 2.85 bits per heavy atom. The van der Waals surface area contributed by atoms with Crippen molar-refractivity contribution in [2.75, 3.05) is 11.9 Å². The molecule has 3 aliphatic rings. The molecule has 2 aliphatic carbocycles. The van der Waals surface area contributed by atoms with Crippen LogP contribution in [0.1, 0.15) is 55.9 Å². The highest BCUT2D eigenvalue weighted by atomic mass is 32.1. The van der Waals surface area contributed by atoms with Gasteiger partial charge in [0.05, 0.1) is 0 Å². The molecule has 3 fully saturated rings. The number of amides is 2. The molecule has 1 aliphatic heterocycles. The lowest BCUT2D eigenvalue weighted by atomic mass is 9.85. The highest BCUT2D eigenvalue weighted by molar-refractivity contribution is 7.15. The van der Waals surface area contributed by atoms with Crippen LogP contribution in [0.5, 0.6) is 0 Å². The molecule has 108 valence electrons. The van der Waals surface area contributed by atoms with Gasteiger partial charge in [-0.25, -0.2) is 4.79 Å². The van der Waals surface area contributed by atoms with E-state index in [4.69, 9.17) is 0 Å². The quantitative estimate of drug-likeness (QED) is 0.910. The van der Waals surface area contributed by atoms with Gasteiger partial charge in [-0.15, -0.1) is 10.2 Å². The van der Waals surface area contributed by atoms with Crippen molar-refractivity contribution >= 4 is 22.5 Å². The monoisotopic (exact) mass is 292 g/mol. The molecule has 1 aromatic heterocycles. The van der Waals surface area contributed by atoms with Crippen LogP contribution in [-0.2, 0) is 0 Å². The summed E-state index contributed by atoms with van der Waals surface area (Å²) in [5, 5.41) is 13.0. The van der Waals surface area contributed by atoms with Crippen LogP contribution in [0.25, 0.3) is 0 Å². The first-order valence-corrected chi connectivity index (χ1v) is 8.54. The van der Waals surface area contributed by atoms with Gasteiger partial charge in [0, 0.05) is 18.5 Å². The van der Waals surface area contributed by atoms with E-state index < -0.39 is 0 Å². The number of fused-ring (bicyclic) bond motifs is 1. The zero-order valence-electron chi connectivity index (χ0n) is 11.5. The van der Waals surface area contributed by atoms with Crippen molar-refractivity contribution < 1.29 is 4.79 Å². The first-order valence-electron chi connectivity index (χ1n) is 7.72. The lowest BCUT2D eigenvalue weighted by Gasteiger charge is -2.31. The van der Waals surface area contributed by atoms with Crippen molar-refractivity contribution in [3.05, 3.63) is 5.01 Å². The number of anilines is 1. The molecular formula is C14H20N4OS. The Morgan fingerprint density at radius 1 is 1.15 bits per heavy atom. The van der Waals surface area contributed by atoms with E-state index in [0.717, 1.165) is 17.5 Å². The molecule has 2 saturated carbocycles. The molecule has 2 heterocycles. The number of nitrogens with one attached hydrogen (secondary N) is 1. The smallest absolute Gasteiger partial charge is 0.321 e. The first kappa shape index (κ1) is 12.6. The molecule has 0 unspecified atom stereocenters. The summed E-state index contributed by atoms with van der Waals surface area (Å²) in [5.74, 6) is 1.33. The fraction of sp³-hybridized carbons (Fsp3) is 0.786. The molecule has 20 heavy (non-hydrogen) atoms. The Kier molecular flexibility index (Phi) is 3.13. The van der Waals surface area contributed by atoms with E-state index in [-0.39, 0.29) is 6.03 Å². The molecule has 1 aromatic rings. The Morgan fingerprint density at radius 2 is 2.00 bits per heavy atom. The van der Waals surface area contributed by atoms with Crippen LogP contribution in [-0.4, -0.2) is 33.7 Å². The second-order valence-electron chi connectivity index (χ2n) is 6.24. The first-order chi connectivity index (χ1) is 9.81. The molecule has 1 N–H and O–H groups in total. The van der Waals surface area contributed by atoms with Gasteiger partial charge in [-0.05, 0) is 38.0 Å². The maximum Gasteiger partial charge on any atom is 0.323 e. The second-order valence-corrected chi connectivity index (χ2v) is 7.25. The van der Waals surface area contributed by atoms with E-state index in [1.807, 2.05) is 4.90 Å². The number of hydrogen-bond acceptors (Lipinski definition) is 4. The molecule has 0 aromatic carbocycles. The van der Waals surface area contributed by atoms with Crippen LogP contribution < -0.4 is 5.32 Å². The topological polar surface area (TPSA) is 58.1 Å². The van der Waals surface area contributed by atoms with Crippen molar-refractivity contribution in [2.24, 2.45) is 5.92 Å². The van der Waals surface area contributed by atoms with Gasteiger partial charge in [-0.3, -0.25) is 5.32 Å². The van der Waals surface area contributed by atoms with Gasteiger partial charge in [0.1, 0.15) is 5.01 Å². The maximum absolute atomic E-state index is 12.4. The highest BCUT2D eigenvalue weighted by Gasteiger charge is 2.38. The molecule has 1 saturated heterocycles. The summed E-state index contributed by atoms with van der Waals surface area (Å²) in [6, 6.07) is 0.484. The van der Waals surface area contributed by atoms with Crippen LogP contribution in [0.4, 0.5) is 9.93 Å². The number of carbonyl (C=O) groups excluding carboxylic acids is 1. The summed E-state index contributed by atoms with van der Waals surface area (Å²) in [6.45, 7) is 0.898. The minimum absolute atomic E-state index is 0.0258. The summed E-state index contributed by atoms with van der Waals surface area (Å²) < 4.78 is 0. The summed E-state index contributed by atoms with van der Waals surface area (Å²) >= 11 is 1.54. The summed E-state index contributed by atoms with van der Waals surface area (Å²) in [6.07, 6.45) is 8.66. The fourth-order valence-electron chi connectivity index (χ4n) is 3.60. The second kappa shape index (κ2) is 4.98. The highest BCUT2D eigenvalue weighted by Crippen LogP contribution is 2.42. The third kappa shape index (κ3) is 2.30. The molecule has 0 spiro atoms. The van der Waals surface area contributed by atoms with Crippen LogP contribution in [0, 0.1) is 5.92 Å². The number of likely N-dealkylation sites (tertiary alicyclic amines) is 1. The average Bonchev–Trinajstić information content (AvgIpc) is 3.06. The standard InChI is InChI=1S/C14H20N4OS/c19-14(15-13-17-16-12(20-13)10-5-6-10)18-8-7-9-3-1-2-4-11(9)18/h9-11H,1-8H2,(H,15,17,19)/t9-,11-/m0/s1. The molecular weight excluding hydrogens is 272 g/mol. The van der Waals surface area contributed by atoms with Crippen LogP contribution in [0.15, 0.2) is 0 Å². The van der Waals surface area contributed by atoms with E-state index >= 15 is 0 Å².